The fourth-order valence-electron chi connectivity index (χ4n) is 1.87. The van der Waals surface area contributed by atoms with Gasteiger partial charge >= 0.3 is 5.97 Å². The van der Waals surface area contributed by atoms with E-state index in [-0.39, 0.29) is 29.0 Å². The predicted octanol–water partition coefficient (Wildman–Crippen LogP) is 3.35. The number of hydrogen-bond acceptors (Lipinski definition) is 3. The Morgan fingerprint density at radius 2 is 1.71 bits per heavy atom. The van der Waals surface area contributed by atoms with Crippen LogP contribution in [0.2, 0.25) is 0 Å². The van der Waals surface area contributed by atoms with Crippen molar-refractivity contribution in [1.82, 2.24) is 0 Å². The van der Waals surface area contributed by atoms with Gasteiger partial charge in [-0.25, -0.2) is 18.0 Å². The summed E-state index contributed by atoms with van der Waals surface area (Å²) in [7, 11) is 0. The molecule has 2 N–H and O–H groups in total. The monoisotopic (exact) mass is 295 g/mol. The molecule has 6 heteroatoms. The van der Waals surface area contributed by atoms with Crippen molar-refractivity contribution in [3.05, 3.63) is 64.5 Å². The van der Waals surface area contributed by atoms with Gasteiger partial charge in [0.05, 0.1) is 5.56 Å². The molecular formula is C15H12F3NO2. The maximum atomic E-state index is 13.8. The highest BCUT2D eigenvalue weighted by Gasteiger charge is 2.16. The molecule has 0 amide bonds. The summed E-state index contributed by atoms with van der Waals surface area (Å²) in [4.78, 5) is 11.8. The molecule has 0 aliphatic heterocycles. The molecule has 110 valence electrons. The van der Waals surface area contributed by atoms with Crippen LogP contribution >= 0.6 is 0 Å². The third kappa shape index (κ3) is 3.53. The quantitative estimate of drug-likeness (QED) is 0.698. The van der Waals surface area contributed by atoms with Gasteiger partial charge in [-0.3, -0.25) is 0 Å². The Labute approximate surface area is 119 Å². The number of nitrogens with two attached hydrogens (primary N) is 1. The molecule has 3 nitrogen and oxygen atoms in total. The Morgan fingerprint density at radius 3 is 2.33 bits per heavy atom. The number of esters is 1. The van der Waals surface area contributed by atoms with Crippen LogP contribution in [0.15, 0.2) is 30.3 Å². The first kappa shape index (κ1) is 14.9. The zero-order valence-corrected chi connectivity index (χ0v) is 11.1. The van der Waals surface area contributed by atoms with Crippen molar-refractivity contribution in [2.75, 3.05) is 5.73 Å². The molecule has 0 saturated heterocycles. The summed E-state index contributed by atoms with van der Waals surface area (Å²) >= 11 is 0. The summed E-state index contributed by atoms with van der Waals surface area (Å²) in [5, 5.41) is 0. The fraction of sp³-hybridized carbons (Fsp3) is 0.133. The third-order valence-corrected chi connectivity index (χ3v) is 2.79. The van der Waals surface area contributed by atoms with Crippen molar-refractivity contribution < 1.29 is 22.7 Å². The summed E-state index contributed by atoms with van der Waals surface area (Å²) in [5.41, 5.74) is 5.78. The lowest BCUT2D eigenvalue weighted by Crippen LogP contribution is -2.09. The molecule has 0 unspecified atom stereocenters. The maximum Gasteiger partial charge on any atom is 0.341 e. The topological polar surface area (TPSA) is 52.3 Å². The molecule has 0 radical (unpaired) electrons. The molecular weight excluding hydrogens is 283 g/mol. The van der Waals surface area contributed by atoms with E-state index in [1.165, 1.54) is 13.0 Å². The van der Waals surface area contributed by atoms with Crippen LogP contribution in [-0.2, 0) is 11.3 Å². The number of aryl methyl sites for hydroxylation is 1. The van der Waals surface area contributed by atoms with Gasteiger partial charge in [-0.05, 0) is 42.3 Å². The molecule has 0 bridgehead atoms. The SMILES string of the molecule is Cc1cc(N)cc(C(=O)OCc2cc(F)cc(F)c2)c1F. The van der Waals surface area contributed by atoms with Gasteiger partial charge in [0.1, 0.15) is 24.1 Å². The van der Waals surface area contributed by atoms with E-state index in [4.69, 9.17) is 10.5 Å². The average Bonchev–Trinajstić information content (AvgIpc) is 2.39. The Morgan fingerprint density at radius 1 is 1.10 bits per heavy atom. The predicted molar refractivity (Wildman–Crippen MR) is 71.0 cm³/mol. The van der Waals surface area contributed by atoms with Crippen molar-refractivity contribution >= 4 is 11.7 Å². The highest BCUT2D eigenvalue weighted by atomic mass is 19.1. The van der Waals surface area contributed by atoms with Crippen molar-refractivity contribution in [2.24, 2.45) is 0 Å². The Balaban J connectivity index is 2.15. The maximum absolute atomic E-state index is 13.8. The van der Waals surface area contributed by atoms with Gasteiger partial charge in [0, 0.05) is 11.8 Å². The minimum atomic E-state index is -0.951. The lowest BCUT2D eigenvalue weighted by molar-refractivity contribution is 0.0466. The van der Waals surface area contributed by atoms with Crippen LogP contribution in [-0.4, -0.2) is 5.97 Å². The number of halogens is 3. The molecule has 0 spiro atoms. The van der Waals surface area contributed by atoms with Gasteiger partial charge < -0.3 is 10.5 Å². The van der Waals surface area contributed by atoms with E-state index in [0.29, 0.717) is 6.07 Å². The van der Waals surface area contributed by atoms with Crippen molar-refractivity contribution in [2.45, 2.75) is 13.5 Å². The number of hydrogen-bond donors (Lipinski definition) is 1. The third-order valence-electron chi connectivity index (χ3n) is 2.79. The Kier molecular flexibility index (Phi) is 4.16. The summed E-state index contributed by atoms with van der Waals surface area (Å²) in [6.07, 6.45) is 0. The van der Waals surface area contributed by atoms with E-state index < -0.39 is 23.4 Å². The number of carbonyl (C=O) groups is 1. The lowest BCUT2D eigenvalue weighted by Gasteiger charge is -2.08. The largest absolute Gasteiger partial charge is 0.457 e. The summed E-state index contributed by atoms with van der Waals surface area (Å²) in [5.74, 6) is -3.26. The molecule has 0 heterocycles. The summed E-state index contributed by atoms with van der Waals surface area (Å²) in [6, 6.07) is 5.28. The van der Waals surface area contributed by atoms with Crippen LogP contribution in [0.25, 0.3) is 0 Å². The molecule has 0 aliphatic carbocycles. The smallest absolute Gasteiger partial charge is 0.341 e. The molecule has 0 aromatic heterocycles. The number of ether oxygens (including phenoxy) is 1. The van der Waals surface area contributed by atoms with Crippen LogP contribution in [0.1, 0.15) is 21.5 Å². The second-order valence-electron chi connectivity index (χ2n) is 4.55. The second kappa shape index (κ2) is 5.87. The van der Waals surface area contributed by atoms with Gasteiger partial charge in [0.2, 0.25) is 0 Å². The zero-order valence-electron chi connectivity index (χ0n) is 11.1. The fourth-order valence-corrected chi connectivity index (χ4v) is 1.87. The highest BCUT2D eigenvalue weighted by molar-refractivity contribution is 5.91. The van der Waals surface area contributed by atoms with Gasteiger partial charge in [0.25, 0.3) is 0 Å². The number of carbonyl (C=O) groups excluding carboxylic acids is 1. The first-order valence-electron chi connectivity index (χ1n) is 6.04. The van der Waals surface area contributed by atoms with E-state index in [2.05, 4.69) is 0 Å². The number of benzene rings is 2. The molecule has 21 heavy (non-hydrogen) atoms. The molecule has 0 aliphatic rings. The van der Waals surface area contributed by atoms with Gasteiger partial charge in [-0.1, -0.05) is 0 Å². The zero-order chi connectivity index (χ0) is 15.6. The minimum absolute atomic E-state index is 0.127. The number of anilines is 1. The number of nitrogen functional groups attached to an aromatic ring is 1. The highest BCUT2D eigenvalue weighted by Crippen LogP contribution is 2.19. The van der Waals surface area contributed by atoms with Crippen LogP contribution in [0.4, 0.5) is 18.9 Å². The van der Waals surface area contributed by atoms with E-state index in [9.17, 15) is 18.0 Å². The van der Waals surface area contributed by atoms with Crippen LogP contribution in [0.5, 0.6) is 0 Å². The summed E-state index contributed by atoms with van der Waals surface area (Å²) < 4.78 is 44.6. The van der Waals surface area contributed by atoms with Gasteiger partial charge in [0.15, 0.2) is 0 Å². The molecule has 2 aromatic rings. The Hall–Kier alpha value is -2.50. The van der Waals surface area contributed by atoms with Crippen molar-refractivity contribution in [1.29, 1.82) is 0 Å². The lowest BCUT2D eigenvalue weighted by atomic mass is 10.1. The van der Waals surface area contributed by atoms with Crippen molar-refractivity contribution in [3.63, 3.8) is 0 Å². The van der Waals surface area contributed by atoms with Crippen LogP contribution in [0, 0.1) is 24.4 Å². The number of rotatable bonds is 3. The first-order chi connectivity index (χ1) is 9.86. The molecule has 2 rings (SSSR count). The van der Waals surface area contributed by atoms with E-state index in [0.717, 1.165) is 18.2 Å². The van der Waals surface area contributed by atoms with Crippen LogP contribution in [0.3, 0.4) is 0 Å². The van der Waals surface area contributed by atoms with E-state index in [1.807, 2.05) is 0 Å². The van der Waals surface area contributed by atoms with Crippen LogP contribution < -0.4 is 5.73 Å². The van der Waals surface area contributed by atoms with Crippen molar-refractivity contribution in [3.8, 4) is 0 Å². The van der Waals surface area contributed by atoms with E-state index in [1.54, 1.807) is 0 Å². The minimum Gasteiger partial charge on any atom is -0.457 e. The normalized spacial score (nSPS) is 10.5. The average molecular weight is 295 g/mol. The van der Waals surface area contributed by atoms with Gasteiger partial charge in [-0.2, -0.15) is 0 Å². The summed E-state index contributed by atoms with van der Waals surface area (Å²) in [6.45, 7) is 1.09. The van der Waals surface area contributed by atoms with E-state index >= 15 is 0 Å². The molecule has 2 aromatic carbocycles. The second-order valence-corrected chi connectivity index (χ2v) is 4.55. The molecule has 0 saturated carbocycles. The van der Waals surface area contributed by atoms with Gasteiger partial charge in [-0.15, -0.1) is 0 Å². The molecule has 0 atom stereocenters. The standard InChI is InChI=1S/C15H12F3NO2/c1-8-2-12(19)6-13(14(8)18)15(20)21-7-9-3-10(16)5-11(17)4-9/h2-6H,7,19H2,1H3. The Bertz CT molecular complexity index is 681. The molecule has 0 fully saturated rings. The first-order valence-corrected chi connectivity index (χ1v) is 6.04.